The first-order chi connectivity index (χ1) is 12.0. The molecule has 0 saturated heterocycles. The number of carbonyl (C=O) groups excluding carboxylic acids is 2. The molecule has 0 bridgehead atoms. The third-order valence-corrected chi connectivity index (χ3v) is 3.28. The summed E-state index contributed by atoms with van der Waals surface area (Å²) in [7, 11) is 0. The van der Waals surface area contributed by atoms with Crippen LogP contribution in [0.4, 0.5) is 11.4 Å². The molecule has 128 valence electrons. The Bertz CT molecular complexity index is 850. The summed E-state index contributed by atoms with van der Waals surface area (Å²) in [5.41, 5.74) is 0.213. The largest absolute Gasteiger partial charge is 0.454 e. The Morgan fingerprint density at radius 2 is 1.96 bits per heavy atom. The normalized spacial score (nSPS) is 11.7. The second kappa shape index (κ2) is 6.87. The number of nitrogens with one attached hydrogen (secondary N) is 1. The Balaban J connectivity index is 1.56. The Morgan fingerprint density at radius 1 is 1.16 bits per heavy atom. The van der Waals surface area contributed by atoms with Crippen LogP contribution in [-0.4, -0.2) is 30.2 Å². The van der Waals surface area contributed by atoms with E-state index in [-0.39, 0.29) is 18.0 Å². The lowest BCUT2D eigenvalue weighted by molar-refractivity contribution is -0.384. The molecule has 1 aliphatic rings. The first-order valence-corrected chi connectivity index (χ1v) is 7.14. The number of esters is 1. The van der Waals surface area contributed by atoms with Crippen molar-refractivity contribution < 1.29 is 28.7 Å². The van der Waals surface area contributed by atoms with Gasteiger partial charge in [0.25, 0.3) is 11.6 Å². The van der Waals surface area contributed by atoms with Crippen molar-refractivity contribution in [2.24, 2.45) is 0 Å². The van der Waals surface area contributed by atoms with E-state index >= 15 is 0 Å². The van der Waals surface area contributed by atoms with Gasteiger partial charge < -0.3 is 19.5 Å². The van der Waals surface area contributed by atoms with Gasteiger partial charge in [-0.05, 0) is 18.2 Å². The van der Waals surface area contributed by atoms with Crippen LogP contribution in [0.1, 0.15) is 10.4 Å². The number of nitrogens with zero attached hydrogens (tertiary/aromatic N) is 1. The third-order valence-electron chi connectivity index (χ3n) is 3.28. The first kappa shape index (κ1) is 16.2. The molecule has 0 unspecified atom stereocenters. The van der Waals surface area contributed by atoms with Crippen LogP contribution < -0.4 is 14.8 Å². The van der Waals surface area contributed by atoms with Crippen molar-refractivity contribution in [1.29, 1.82) is 0 Å². The van der Waals surface area contributed by atoms with Gasteiger partial charge in [-0.1, -0.05) is 6.07 Å². The summed E-state index contributed by atoms with van der Waals surface area (Å²) in [4.78, 5) is 33.8. The monoisotopic (exact) mass is 344 g/mol. The molecule has 0 aromatic heterocycles. The number of anilines is 1. The molecule has 0 aliphatic carbocycles. The number of ether oxygens (including phenoxy) is 3. The zero-order valence-corrected chi connectivity index (χ0v) is 12.8. The fraction of sp³-hybridized carbons (Fsp3) is 0.125. The van der Waals surface area contributed by atoms with Crippen LogP contribution >= 0.6 is 0 Å². The Kier molecular flexibility index (Phi) is 4.46. The molecule has 0 fully saturated rings. The van der Waals surface area contributed by atoms with E-state index in [4.69, 9.17) is 14.2 Å². The van der Waals surface area contributed by atoms with Gasteiger partial charge in [-0.15, -0.1) is 0 Å². The molecule has 25 heavy (non-hydrogen) atoms. The number of amides is 1. The number of nitro benzene ring substituents is 1. The molecule has 9 nitrogen and oxygen atoms in total. The summed E-state index contributed by atoms with van der Waals surface area (Å²) < 4.78 is 15.2. The first-order valence-electron chi connectivity index (χ1n) is 7.14. The van der Waals surface area contributed by atoms with Crippen LogP contribution in [0.5, 0.6) is 11.5 Å². The molecule has 0 spiro atoms. The van der Waals surface area contributed by atoms with E-state index in [0.29, 0.717) is 17.2 Å². The molecule has 1 amide bonds. The molecule has 2 aromatic carbocycles. The highest BCUT2D eigenvalue weighted by Gasteiger charge is 2.16. The highest BCUT2D eigenvalue weighted by molar-refractivity contribution is 5.95. The van der Waals surface area contributed by atoms with Gasteiger partial charge in [0.2, 0.25) is 6.79 Å². The number of rotatable bonds is 5. The van der Waals surface area contributed by atoms with Crippen LogP contribution in [-0.2, 0) is 9.53 Å². The van der Waals surface area contributed by atoms with Gasteiger partial charge in [0, 0.05) is 23.9 Å². The summed E-state index contributed by atoms with van der Waals surface area (Å²) in [5, 5.41) is 13.2. The van der Waals surface area contributed by atoms with E-state index in [0.717, 1.165) is 6.07 Å². The zero-order valence-electron chi connectivity index (χ0n) is 12.8. The number of fused-ring (bicyclic) bond motifs is 1. The van der Waals surface area contributed by atoms with Crippen molar-refractivity contribution in [3.05, 3.63) is 58.1 Å². The van der Waals surface area contributed by atoms with Crippen molar-refractivity contribution in [3.63, 3.8) is 0 Å². The van der Waals surface area contributed by atoms with Gasteiger partial charge >= 0.3 is 5.97 Å². The SMILES string of the molecule is O=C(COC(=O)c1cccc([N+](=O)[O-])c1)Nc1ccc2c(c1)OCO2. The van der Waals surface area contributed by atoms with Gasteiger partial charge in [0.05, 0.1) is 10.5 Å². The molecule has 1 aliphatic heterocycles. The van der Waals surface area contributed by atoms with Gasteiger partial charge in [-0.2, -0.15) is 0 Å². The van der Waals surface area contributed by atoms with Crippen LogP contribution in [0.2, 0.25) is 0 Å². The van der Waals surface area contributed by atoms with Gasteiger partial charge in [0.1, 0.15) is 0 Å². The minimum absolute atomic E-state index is 0.00919. The fourth-order valence-corrected chi connectivity index (χ4v) is 2.13. The molecule has 0 radical (unpaired) electrons. The maximum absolute atomic E-state index is 11.9. The molecule has 9 heteroatoms. The summed E-state index contributed by atoms with van der Waals surface area (Å²) >= 11 is 0. The molecule has 2 aromatic rings. The van der Waals surface area contributed by atoms with E-state index in [2.05, 4.69) is 5.32 Å². The van der Waals surface area contributed by atoms with Crippen molar-refractivity contribution >= 4 is 23.3 Å². The van der Waals surface area contributed by atoms with E-state index in [1.54, 1.807) is 18.2 Å². The lowest BCUT2D eigenvalue weighted by Crippen LogP contribution is -2.20. The molecular formula is C16H12N2O7. The highest BCUT2D eigenvalue weighted by atomic mass is 16.7. The average Bonchev–Trinajstić information content (AvgIpc) is 3.07. The Morgan fingerprint density at radius 3 is 2.76 bits per heavy atom. The molecule has 0 saturated carbocycles. The summed E-state index contributed by atoms with van der Waals surface area (Å²) in [6, 6.07) is 9.91. The van der Waals surface area contributed by atoms with Crippen LogP contribution in [0.3, 0.4) is 0 Å². The smallest absolute Gasteiger partial charge is 0.338 e. The lowest BCUT2D eigenvalue weighted by Gasteiger charge is -2.07. The van der Waals surface area contributed by atoms with Crippen molar-refractivity contribution in [1.82, 2.24) is 0 Å². The number of nitro groups is 1. The molecule has 1 N–H and O–H groups in total. The topological polar surface area (TPSA) is 117 Å². The number of hydrogen-bond acceptors (Lipinski definition) is 7. The zero-order chi connectivity index (χ0) is 17.8. The summed E-state index contributed by atoms with van der Waals surface area (Å²) in [6.45, 7) is -0.413. The summed E-state index contributed by atoms with van der Waals surface area (Å²) in [6.07, 6.45) is 0. The average molecular weight is 344 g/mol. The lowest BCUT2D eigenvalue weighted by atomic mass is 10.2. The van der Waals surface area contributed by atoms with Crippen molar-refractivity contribution in [3.8, 4) is 11.5 Å². The van der Waals surface area contributed by atoms with Crippen LogP contribution in [0.25, 0.3) is 0 Å². The van der Waals surface area contributed by atoms with Crippen LogP contribution in [0, 0.1) is 10.1 Å². The maximum atomic E-state index is 11.9. The van der Waals surface area contributed by atoms with Gasteiger partial charge in [0.15, 0.2) is 18.1 Å². The van der Waals surface area contributed by atoms with Crippen molar-refractivity contribution in [2.45, 2.75) is 0 Å². The van der Waals surface area contributed by atoms with E-state index < -0.39 is 23.4 Å². The molecule has 0 atom stereocenters. The minimum Gasteiger partial charge on any atom is -0.454 e. The molecule has 1 heterocycles. The highest BCUT2D eigenvalue weighted by Crippen LogP contribution is 2.34. The second-order valence-electron chi connectivity index (χ2n) is 5.00. The predicted molar refractivity (Wildman–Crippen MR) is 84.6 cm³/mol. The second-order valence-corrected chi connectivity index (χ2v) is 5.00. The number of non-ortho nitro benzene ring substituents is 1. The Labute approximate surface area is 141 Å². The maximum Gasteiger partial charge on any atom is 0.338 e. The molecule has 3 rings (SSSR count). The summed E-state index contributed by atoms with van der Waals surface area (Å²) in [5.74, 6) is -0.302. The fourth-order valence-electron chi connectivity index (χ4n) is 2.13. The van der Waals surface area contributed by atoms with Gasteiger partial charge in [-0.3, -0.25) is 14.9 Å². The standard InChI is InChI=1S/C16H12N2O7/c19-15(17-11-4-5-13-14(7-11)25-9-24-13)8-23-16(20)10-2-1-3-12(6-10)18(21)22/h1-7H,8-9H2,(H,17,19). The van der Waals surface area contributed by atoms with Gasteiger partial charge in [-0.25, -0.2) is 4.79 Å². The number of carbonyl (C=O) groups is 2. The minimum atomic E-state index is -0.829. The van der Waals surface area contributed by atoms with E-state index in [9.17, 15) is 19.7 Å². The third kappa shape index (κ3) is 3.83. The predicted octanol–water partition coefficient (Wildman–Crippen LogP) is 2.12. The Hall–Kier alpha value is -3.62. The van der Waals surface area contributed by atoms with E-state index in [1.807, 2.05) is 0 Å². The quantitative estimate of drug-likeness (QED) is 0.501. The van der Waals surface area contributed by atoms with Crippen LogP contribution in [0.15, 0.2) is 42.5 Å². The molecular weight excluding hydrogens is 332 g/mol. The number of hydrogen-bond donors (Lipinski definition) is 1. The van der Waals surface area contributed by atoms with Crippen molar-refractivity contribution in [2.75, 3.05) is 18.7 Å². The van der Waals surface area contributed by atoms with E-state index in [1.165, 1.54) is 18.2 Å². The number of benzene rings is 2.